The van der Waals surface area contributed by atoms with Gasteiger partial charge in [-0.15, -0.1) is 0 Å². The summed E-state index contributed by atoms with van der Waals surface area (Å²) < 4.78 is 2.05. The number of nitrogens with zero attached hydrogens (tertiary/aromatic N) is 2. The second-order valence-electron chi connectivity index (χ2n) is 5.30. The van der Waals surface area contributed by atoms with Crippen molar-refractivity contribution in [1.29, 1.82) is 0 Å². The first-order chi connectivity index (χ1) is 9.15. The van der Waals surface area contributed by atoms with Crippen LogP contribution in [0.3, 0.4) is 0 Å². The highest BCUT2D eigenvalue weighted by Crippen LogP contribution is 2.52. The summed E-state index contributed by atoms with van der Waals surface area (Å²) in [6.07, 6.45) is 6.72. The Kier molecular flexibility index (Phi) is 3.35. The molecular weight excluding hydrogens is 264 g/mol. The molecule has 0 spiro atoms. The molecule has 0 atom stereocenters. The molecule has 1 aromatic rings. The van der Waals surface area contributed by atoms with E-state index < -0.39 is 5.97 Å². The Hall–Kier alpha value is -1.30. The summed E-state index contributed by atoms with van der Waals surface area (Å²) >= 11 is 1.14. The summed E-state index contributed by atoms with van der Waals surface area (Å²) in [7, 11) is 0. The lowest BCUT2D eigenvalue weighted by Crippen LogP contribution is -2.21. The molecule has 0 aromatic carbocycles. The van der Waals surface area contributed by atoms with E-state index in [9.17, 15) is 9.59 Å². The lowest BCUT2D eigenvalue weighted by Gasteiger charge is -2.22. The third-order valence-electron chi connectivity index (χ3n) is 3.66. The minimum absolute atomic E-state index is 0.0570. The minimum Gasteiger partial charge on any atom is -0.481 e. The summed E-state index contributed by atoms with van der Waals surface area (Å²) in [5, 5.41) is 9.34. The maximum absolute atomic E-state index is 11.4. The van der Waals surface area contributed by atoms with E-state index in [0.29, 0.717) is 23.0 Å². The average Bonchev–Trinajstić information content (AvgIpc) is 3.23. The van der Waals surface area contributed by atoms with Crippen molar-refractivity contribution in [3.8, 4) is 0 Å². The number of thioether (sulfide) groups is 1. The van der Waals surface area contributed by atoms with Gasteiger partial charge in [0.2, 0.25) is 0 Å². The van der Waals surface area contributed by atoms with E-state index >= 15 is 0 Å². The second-order valence-corrected chi connectivity index (χ2v) is 6.25. The molecule has 102 valence electrons. The van der Waals surface area contributed by atoms with Gasteiger partial charge in [0.25, 0.3) is 5.56 Å². The predicted molar refractivity (Wildman–Crippen MR) is 71.3 cm³/mol. The Morgan fingerprint density at radius 3 is 2.58 bits per heavy atom. The maximum Gasteiger partial charge on any atom is 0.313 e. The van der Waals surface area contributed by atoms with Crippen LogP contribution in [0.15, 0.2) is 22.2 Å². The van der Waals surface area contributed by atoms with Gasteiger partial charge in [-0.05, 0) is 37.5 Å². The molecule has 3 rings (SSSR count). The van der Waals surface area contributed by atoms with Gasteiger partial charge in [-0.25, -0.2) is 0 Å². The van der Waals surface area contributed by atoms with E-state index in [0.717, 1.165) is 11.8 Å². The highest BCUT2D eigenvalue weighted by atomic mass is 32.2. The Bertz CT molecular complexity index is 537. The molecule has 1 heterocycles. The molecule has 2 aliphatic carbocycles. The molecular formula is C13H16N2O3S. The van der Waals surface area contributed by atoms with Crippen LogP contribution in [0.4, 0.5) is 0 Å². The van der Waals surface area contributed by atoms with Gasteiger partial charge in [0.15, 0.2) is 5.16 Å². The first-order valence-electron chi connectivity index (χ1n) is 6.59. The number of aliphatic carboxylic acids is 1. The van der Waals surface area contributed by atoms with Crippen LogP contribution in [0.2, 0.25) is 0 Å². The zero-order chi connectivity index (χ0) is 13.4. The Balaban J connectivity index is 1.89. The fraction of sp³-hybridized carbons (Fsp3) is 0.615. The monoisotopic (exact) mass is 280 g/mol. The Morgan fingerprint density at radius 1 is 1.42 bits per heavy atom. The van der Waals surface area contributed by atoms with Gasteiger partial charge in [0.05, 0.1) is 5.75 Å². The van der Waals surface area contributed by atoms with E-state index in [1.54, 1.807) is 6.20 Å². The third kappa shape index (κ3) is 3.00. The number of rotatable bonds is 6. The molecule has 2 aliphatic rings. The van der Waals surface area contributed by atoms with Crippen LogP contribution < -0.4 is 5.56 Å². The quantitative estimate of drug-likeness (QED) is 0.635. The topological polar surface area (TPSA) is 72.2 Å². The van der Waals surface area contributed by atoms with Gasteiger partial charge in [-0.2, -0.15) is 4.98 Å². The molecule has 0 bridgehead atoms. The van der Waals surface area contributed by atoms with Gasteiger partial charge in [-0.3, -0.25) is 9.59 Å². The molecule has 19 heavy (non-hydrogen) atoms. The van der Waals surface area contributed by atoms with Crippen LogP contribution in [0.1, 0.15) is 31.7 Å². The van der Waals surface area contributed by atoms with Crippen molar-refractivity contribution in [2.75, 3.05) is 5.75 Å². The van der Waals surface area contributed by atoms with Crippen LogP contribution in [0.25, 0.3) is 0 Å². The third-order valence-corrected chi connectivity index (χ3v) is 4.61. The van der Waals surface area contributed by atoms with Crippen molar-refractivity contribution in [2.24, 2.45) is 11.8 Å². The molecule has 0 radical (unpaired) electrons. The van der Waals surface area contributed by atoms with Crippen LogP contribution >= 0.6 is 11.8 Å². The highest BCUT2D eigenvalue weighted by molar-refractivity contribution is 7.99. The first kappa shape index (κ1) is 12.7. The Morgan fingerprint density at radius 2 is 2.05 bits per heavy atom. The number of hydrogen-bond acceptors (Lipinski definition) is 4. The summed E-state index contributed by atoms with van der Waals surface area (Å²) in [5.41, 5.74) is -0.297. The van der Waals surface area contributed by atoms with E-state index in [4.69, 9.17) is 5.11 Å². The molecule has 2 fully saturated rings. The van der Waals surface area contributed by atoms with Crippen molar-refractivity contribution in [2.45, 2.75) is 36.9 Å². The largest absolute Gasteiger partial charge is 0.481 e. The molecule has 0 saturated heterocycles. The van der Waals surface area contributed by atoms with Crippen LogP contribution in [-0.4, -0.2) is 26.4 Å². The molecule has 2 saturated carbocycles. The molecule has 1 N–H and O–H groups in total. The Labute approximate surface area is 115 Å². The van der Waals surface area contributed by atoms with Gasteiger partial charge < -0.3 is 9.67 Å². The number of carboxylic acids is 1. The number of aromatic nitrogens is 2. The fourth-order valence-corrected chi connectivity index (χ4v) is 3.31. The lowest BCUT2D eigenvalue weighted by molar-refractivity contribution is -0.133. The standard InChI is InChI=1S/C13H16N2O3S/c16-10-5-6-15(13(14-10)19-7-11(17)18)12(8-1-2-8)9-3-4-9/h5-6,8-9,12H,1-4,7H2,(H,17,18). The van der Waals surface area contributed by atoms with E-state index in [1.807, 2.05) is 4.57 Å². The second kappa shape index (κ2) is 5.00. The van der Waals surface area contributed by atoms with Crippen LogP contribution in [0.5, 0.6) is 0 Å². The maximum atomic E-state index is 11.4. The summed E-state index contributed by atoms with van der Waals surface area (Å²) in [5.74, 6) is 0.421. The van der Waals surface area contributed by atoms with E-state index in [-0.39, 0.29) is 11.3 Å². The SMILES string of the molecule is O=C(O)CSc1nc(=O)ccn1C(C1CC1)C1CC1. The normalized spacial score (nSPS) is 18.8. The number of carbonyl (C=O) groups is 1. The molecule has 5 nitrogen and oxygen atoms in total. The lowest BCUT2D eigenvalue weighted by atomic mass is 10.1. The first-order valence-corrected chi connectivity index (χ1v) is 7.57. The van der Waals surface area contributed by atoms with Crippen molar-refractivity contribution >= 4 is 17.7 Å². The minimum atomic E-state index is -0.885. The average molecular weight is 280 g/mol. The molecule has 1 aromatic heterocycles. The smallest absolute Gasteiger partial charge is 0.313 e. The molecule has 0 amide bonds. The van der Waals surface area contributed by atoms with Gasteiger partial charge >= 0.3 is 5.97 Å². The van der Waals surface area contributed by atoms with Crippen LogP contribution in [0, 0.1) is 11.8 Å². The van der Waals surface area contributed by atoms with Gasteiger partial charge in [-0.1, -0.05) is 11.8 Å². The zero-order valence-corrected chi connectivity index (χ0v) is 11.3. The van der Waals surface area contributed by atoms with Gasteiger partial charge in [0.1, 0.15) is 0 Å². The van der Waals surface area contributed by atoms with Crippen molar-refractivity contribution in [3.05, 3.63) is 22.6 Å². The van der Waals surface area contributed by atoms with E-state index in [1.165, 1.54) is 31.7 Å². The summed E-state index contributed by atoms with van der Waals surface area (Å²) in [6, 6.07) is 1.88. The number of carboxylic acid groups (broad SMARTS) is 1. The molecule has 6 heteroatoms. The zero-order valence-electron chi connectivity index (χ0n) is 10.5. The predicted octanol–water partition coefficient (Wildman–Crippen LogP) is 1.78. The fourth-order valence-electron chi connectivity index (χ4n) is 2.57. The van der Waals surface area contributed by atoms with Crippen molar-refractivity contribution in [1.82, 2.24) is 9.55 Å². The van der Waals surface area contributed by atoms with Crippen molar-refractivity contribution in [3.63, 3.8) is 0 Å². The summed E-state index contributed by atoms with van der Waals surface area (Å²) in [6.45, 7) is 0. The summed E-state index contributed by atoms with van der Waals surface area (Å²) in [4.78, 5) is 26.1. The van der Waals surface area contributed by atoms with Crippen LogP contribution in [-0.2, 0) is 4.79 Å². The molecule has 0 unspecified atom stereocenters. The van der Waals surface area contributed by atoms with E-state index in [2.05, 4.69) is 4.98 Å². The molecule has 0 aliphatic heterocycles. The van der Waals surface area contributed by atoms with Crippen molar-refractivity contribution < 1.29 is 9.90 Å². The highest BCUT2D eigenvalue weighted by Gasteiger charge is 2.43. The number of hydrogen-bond donors (Lipinski definition) is 1. The van der Waals surface area contributed by atoms with Gasteiger partial charge in [0, 0.05) is 18.3 Å².